The number of ether oxygens (including phenoxy) is 1. The molecule has 0 aromatic heterocycles. The lowest BCUT2D eigenvalue weighted by molar-refractivity contribution is -0.214. The molecule has 1 aromatic carbocycles. The second-order valence-corrected chi connectivity index (χ2v) is 12.5. The highest BCUT2D eigenvalue weighted by Gasteiger charge is 2.37. The molecule has 0 aliphatic rings. The van der Waals surface area contributed by atoms with Gasteiger partial charge in [0.1, 0.15) is 24.4 Å². The number of esters is 1. The Balaban J connectivity index is 2.69. The van der Waals surface area contributed by atoms with Crippen molar-refractivity contribution in [3.8, 4) is 0 Å². The average Bonchev–Trinajstić information content (AvgIpc) is 3.03. The van der Waals surface area contributed by atoms with Gasteiger partial charge in [0.05, 0.1) is 12.5 Å². The Morgan fingerprint density at radius 2 is 1.07 bits per heavy atom. The zero-order valence-corrected chi connectivity index (χ0v) is 27.6. The summed E-state index contributed by atoms with van der Waals surface area (Å²) < 4.78 is 5.16. The summed E-state index contributed by atoms with van der Waals surface area (Å²) in [5.74, 6) is -1.39. The van der Waals surface area contributed by atoms with Crippen molar-refractivity contribution < 1.29 is 40.2 Å². The van der Waals surface area contributed by atoms with Crippen molar-refractivity contribution in [1.82, 2.24) is 0 Å². The number of rotatable bonds is 28. The third-order valence-electron chi connectivity index (χ3n) is 8.64. The number of hydrogen-bond acceptors (Lipinski definition) is 8. The summed E-state index contributed by atoms with van der Waals surface area (Å²) in [4.78, 5) is 13.2. The second-order valence-electron chi connectivity index (χ2n) is 12.5. The Morgan fingerprint density at radius 1 is 0.614 bits per heavy atom. The van der Waals surface area contributed by atoms with E-state index in [0.29, 0.717) is 6.42 Å². The first-order valence-corrected chi connectivity index (χ1v) is 17.6. The van der Waals surface area contributed by atoms with E-state index in [9.17, 15) is 30.3 Å². The molecule has 0 radical (unpaired) electrons. The van der Waals surface area contributed by atoms with Crippen LogP contribution in [0.2, 0.25) is 0 Å². The molecule has 0 aliphatic heterocycles. The van der Waals surface area contributed by atoms with Gasteiger partial charge in [-0.25, -0.2) is 0 Å². The molecule has 8 heteroatoms. The van der Waals surface area contributed by atoms with Crippen molar-refractivity contribution in [1.29, 1.82) is 0 Å². The highest BCUT2D eigenvalue weighted by molar-refractivity contribution is 5.78. The van der Waals surface area contributed by atoms with E-state index in [2.05, 4.69) is 13.8 Å². The van der Waals surface area contributed by atoms with E-state index >= 15 is 0 Å². The van der Waals surface area contributed by atoms with Crippen molar-refractivity contribution in [2.75, 3.05) is 6.61 Å². The maximum Gasteiger partial charge on any atom is 0.315 e. The van der Waals surface area contributed by atoms with Crippen LogP contribution in [0.1, 0.15) is 153 Å². The van der Waals surface area contributed by atoms with Crippen LogP contribution in [0.3, 0.4) is 0 Å². The number of unbranched alkanes of at least 4 members (excludes halogenated alkanes) is 16. The highest BCUT2D eigenvalue weighted by atomic mass is 16.6. The number of aliphatic hydroxyl groups excluding tert-OH is 6. The maximum atomic E-state index is 13.2. The minimum Gasteiger partial charge on any atom is -0.432 e. The molecule has 8 nitrogen and oxygen atoms in total. The zero-order valence-electron chi connectivity index (χ0n) is 27.6. The first-order valence-electron chi connectivity index (χ1n) is 17.6. The van der Waals surface area contributed by atoms with Gasteiger partial charge in [0.2, 0.25) is 6.29 Å². The Morgan fingerprint density at radius 3 is 1.55 bits per heavy atom. The predicted octanol–water partition coefficient (Wildman–Crippen LogP) is 6.06. The van der Waals surface area contributed by atoms with Crippen LogP contribution in [-0.2, 0) is 16.0 Å². The predicted molar refractivity (Wildman–Crippen MR) is 175 cm³/mol. The molecule has 0 saturated carbocycles. The fraction of sp³-hybridized carbons (Fsp3) is 0.806. The van der Waals surface area contributed by atoms with Crippen LogP contribution in [0.5, 0.6) is 0 Å². The summed E-state index contributed by atoms with van der Waals surface area (Å²) in [6, 6.07) is 7.92. The van der Waals surface area contributed by atoms with Gasteiger partial charge in [-0.1, -0.05) is 147 Å². The summed E-state index contributed by atoms with van der Waals surface area (Å²) in [5.41, 5.74) is 1.97. The Hall–Kier alpha value is -1.55. The van der Waals surface area contributed by atoms with Crippen LogP contribution < -0.4 is 0 Å². The van der Waals surface area contributed by atoms with Crippen LogP contribution >= 0.6 is 0 Å². The minimum atomic E-state index is -2.12. The zero-order chi connectivity index (χ0) is 32.6. The number of benzene rings is 1. The van der Waals surface area contributed by atoms with Gasteiger partial charge < -0.3 is 35.4 Å². The van der Waals surface area contributed by atoms with Gasteiger partial charge in [0.25, 0.3) is 0 Å². The van der Waals surface area contributed by atoms with Crippen LogP contribution in [-0.4, -0.2) is 73.9 Å². The molecule has 2 unspecified atom stereocenters. The summed E-state index contributed by atoms with van der Waals surface area (Å²) in [5, 5.41) is 59.1. The number of hydrogen-bond donors (Lipinski definition) is 6. The quantitative estimate of drug-likeness (QED) is 0.0374. The van der Waals surface area contributed by atoms with E-state index in [1.165, 1.54) is 95.5 Å². The van der Waals surface area contributed by atoms with Crippen LogP contribution in [0.25, 0.3) is 0 Å². The summed E-state index contributed by atoms with van der Waals surface area (Å²) >= 11 is 0. The monoisotopic (exact) mass is 624 g/mol. The summed E-state index contributed by atoms with van der Waals surface area (Å²) in [7, 11) is 0. The SMILES string of the molecule is CCCCCCCCCCCCCCC(C(=O)OC(O)[C@H](O)[C@H](O)[C@H](O)[C@@H](O)CO)c1ccc(CCCCCCCC)cc1. The molecule has 0 amide bonds. The molecular formula is C36H64O8. The molecule has 6 atom stereocenters. The fourth-order valence-corrected chi connectivity index (χ4v) is 5.61. The number of carbonyl (C=O) groups is 1. The first kappa shape index (κ1) is 40.5. The van der Waals surface area contributed by atoms with Crippen molar-refractivity contribution in [2.45, 2.75) is 179 Å². The largest absolute Gasteiger partial charge is 0.432 e. The Labute approximate surface area is 266 Å². The normalized spacial score (nSPS) is 15.8. The lowest BCUT2D eigenvalue weighted by Crippen LogP contribution is -2.51. The van der Waals surface area contributed by atoms with Gasteiger partial charge in [-0.05, 0) is 30.4 Å². The third-order valence-corrected chi connectivity index (χ3v) is 8.64. The molecular weight excluding hydrogens is 560 g/mol. The van der Waals surface area contributed by atoms with E-state index in [0.717, 1.165) is 37.7 Å². The van der Waals surface area contributed by atoms with Crippen LogP contribution in [0.15, 0.2) is 24.3 Å². The van der Waals surface area contributed by atoms with Gasteiger partial charge in [0, 0.05) is 0 Å². The lowest BCUT2D eigenvalue weighted by Gasteiger charge is -2.29. The van der Waals surface area contributed by atoms with Crippen molar-refractivity contribution in [3.05, 3.63) is 35.4 Å². The van der Waals surface area contributed by atoms with E-state index < -0.39 is 49.2 Å². The molecule has 0 heterocycles. The topological polar surface area (TPSA) is 148 Å². The van der Waals surface area contributed by atoms with Crippen LogP contribution in [0, 0.1) is 0 Å². The summed E-state index contributed by atoms with van der Waals surface area (Å²) in [6.07, 6.45) is 13.4. The van der Waals surface area contributed by atoms with Crippen molar-refractivity contribution >= 4 is 5.97 Å². The standard InChI is InChI=1S/C36H64O8/c1-3-5-7-9-11-12-13-14-15-16-18-20-22-30(29-25-23-28(24-26-29)21-19-17-10-8-6-4-2)35(42)44-36(43)34(41)33(40)32(39)31(38)27-37/h23-26,30-34,36-41,43H,3-22,27H2,1-2H3/t30?,31-,32+,33+,34+,36?/m0/s1. The van der Waals surface area contributed by atoms with Crippen molar-refractivity contribution in [3.63, 3.8) is 0 Å². The van der Waals surface area contributed by atoms with Crippen LogP contribution in [0.4, 0.5) is 0 Å². The van der Waals surface area contributed by atoms with Gasteiger partial charge in [-0.15, -0.1) is 0 Å². The third kappa shape index (κ3) is 17.2. The Kier molecular flexibility index (Phi) is 23.6. The lowest BCUT2D eigenvalue weighted by atomic mass is 9.91. The van der Waals surface area contributed by atoms with Gasteiger partial charge >= 0.3 is 5.97 Å². The van der Waals surface area contributed by atoms with E-state index in [4.69, 9.17) is 9.84 Å². The first-order chi connectivity index (χ1) is 21.3. The fourth-order valence-electron chi connectivity index (χ4n) is 5.61. The molecule has 44 heavy (non-hydrogen) atoms. The molecule has 0 aliphatic carbocycles. The summed E-state index contributed by atoms with van der Waals surface area (Å²) in [6.45, 7) is 3.60. The average molecular weight is 625 g/mol. The molecule has 0 bridgehead atoms. The molecule has 1 rings (SSSR count). The molecule has 0 fully saturated rings. The Bertz CT molecular complexity index is 817. The van der Waals surface area contributed by atoms with Gasteiger partial charge in [0.15, 0.2) is 0 Å². The molecule has 256 valence electrons. The molecule has 0 spiro atoms. The molecule has 0 saturated heterocycles. The van der Waals surface area contributed by atoms with E-state index in [1.54, 1.807) is 0 Å². The molecule has 1 aromatic rings. The van der Waals surface area contributed by atoms with E-state index in [1.807, 2.05) is 24.3 Å². The van der Waals surface area contributed by atoms with Gasteiger partial charge in [-0.2, -0.15) is 0 Å². The number of carbonyl (C=O) groups excluding carboxylic acids is 1. The van der Waals surface area contributed by atoms with Gasteiger partial charge in [-0.3, -0.25) is 4.79 Å². The highest BCUT2D eigenvalue weighted by Crippen LogP contribution is 2.27. The number of aliphatic hydroxyl groups is 6. The smallest absolute Gasteiger partial charge is 0.315 e. The maximum absolute atomic E-state index is 13.2. The second kappa shape index (κ2) is 25.6. The molecule has 6 N–H and O–H groups in total. The van der Waals surface area contributed by atoms with Crippen molar-refractivity contribution in [2.24, 2.45) is 0 Å². The van der Waals surface area contributed by atoms with E-state index in [-0.39, 0.29) is 0 Å². The minimum absolute atomic E-state index is 0.518. The number of aryl methyl sites for hydroxylation is 1.